The lowest BCUT2D eigenvalue weighted by Gasteiger charge is -2.36. The highest BCUT2D eigenvalue weighted by atomic mass is 16.5. The number of carboxylic acids is 1. The Balaban J connectivity index is 5.07. The Kier molecular flexibility index (Phi) is 5.84. The van der Waals surface area contributed by atoms with Gasteiger partial charge in [-0.2, -0.15) is 0 Å². The normalized spacial score (nSPS) is 16.8. The molecule has 1 N–H and O–H groups in total. The third-order valence-corrected chi connectivity index (χ3v) is 3.68. The van der Waals surface area contributed by atoms with Crippen molar-refractivity contribution in [3.63, 3.8) is 0 Å². The molecule has 0 aliphatic carbocycles. The van der Waals surface area contributed by atoms with Gasteiger partial charge in [0.1, 0.15) is 6.10 Å². The summed E-state index contributed by atoms with van der Waals surface area (Å²) in [5, 5.41) is 9.35. The maximum atomic E-state index is 12.2. The molecule has 0 aromatic carbocycles. The summed E-state index contributed by atoms with van der Waals surface area (Å²) in [5.74, 6) is -1.77. The fourth-order valence-corrected chi connectivity index (χ4v) is 1.65. The molecule has 18 heavy (non-hydrogen) atoms. The summed E-state index contributed by atoms with van der Waals surface area (Å²) in [5.41, 5.74) is -2.21. The van der Waals surface area contributed by atoms with E-state index in [1.807, 2.05) is 13.8 Å². The maximum Gasteiger partial charge on any atom is 0.324 e. The number of carboxylic acid groups (broad SMARTS) is 1. The molecule has 0 aromatic rings. The van der Waals surface area contributed by atoms with Gasteiger partial charge in [0.05, 0.1) is 0 Å². The molecule has 0 saturated carbocycles. The second kappa shape index (κ2) is 6.21. The van der Waals surface area contributed by atoms with Crippen LogP contribution in [0.1, 0.15) is 60.8 Å². The molecular formula is C14H26O4. The van der Waals surface area contributed by atoms with Gasteiger partial charge in [-0.1, -0.05) is 41.0 Å². The van der Waals surface area contributed by atoms with E-state index in [0.29, 0.717) is 6.42 Å². The molecule has 4 heteroatoms. The largest absolute Gasteiger partial charge is 0.480 e. The van der Waals surface area contributed by atoms with Gasteiger partial charge < -0.3 is 9.84 Å². The molecule has 0 aromatic heterocycles. The van der Waals surface area contributed by atoms with Gasteiger partial charge in [0.2, 0.25) is 0 Å². The van der Waals surface area contributed by atoms with E-state index in [0.717, 1.165) is 12.8 Å². The van der Waals surface area contributed by atoms with Crippen LogP contribution >= 0.6 is 0 Å². The third kappa shape index (κ3) is 3.47. The first-order valence-corrected chi connectivity index (χ1v) is 6.55. The van der Waals surface area contributed by atoms with Gasteiger partial charge in [0.25, 0.3) is 0 Å². The minimum atomic E-state index is -1.52. The second-order valence-electron chi connectivity index (χ2n) is 5.90. The zero-order valence-corrected chi connectivity index (χ0v) is 12.4. The van der Waals surface area contributed by atoms with E-state index in [2.05, 4.69) is 0 Å². The number of hydrogen-bond acceptors (Lipinski definition) is 3. The van der Waals surface area contributed by atoms with E-state index in [9.17, 15) is 14.7 Å². The van der Waals surface area contributed by atoms with Crippen molar-refractivity contribution in [3.05, 3.63) is 0 Å². The van der Waals surface area contributed by atoms with Crippen LogP contribution in [-0.2, 0) is 14.3 Å². The number of carbonyl (C=O) groups is 2. The van der Waals surface area contributed by atoms with Gasteiger partial charge in [-0.3, -0.25) is 9.59 Å². The molecule has 106 valence electrons. The molecule has 0 bridgehead atoms. The van der Waals surface area contributed by atoms with Crippen molar-refractivity contribution in [2.24, 2.45) is 10.8 Å². The van der Waals surface area contributed by atoms with E-state index in [1.165, 1.54) is 6.92 Å². The maximum absolute atomic E-state index is 12.2. The molecule has 4 nitrogen and oxygen atoms in total. The second-order valence-corrected chi connectivity index (χ2v) is 5.90. The minimum Gasteiger partial charge on any atom is -0.480 e. The van der Waals surface area contributed by atoms with Crippen LogP contribution in [0.3, 0.4) is 0 Å². The van der Waals surface area contributed by atoms with Crippen molar-refractivity contribution < 1.29 is 19.4 Å². The predicted molar refractivity (Wildman–Crippen MR) is 70.3 cm³/mol. The fourth-order valence-electron chi connectivity index (χ4n) is 1.65. The molecule has 2 unspecified atom stereocenters. The number of hydrogen-bond donors (Lipinski definition) is 1. The third-order valence-electron chi connectivity index (χ3n) is 3.68. The Morgan fingerprint density at radius 1 is 1.17 bits per heavy atom. The van der Waals surface area contributed by atoms with Gasteiger partial charge in [0.15, 0.2) is 5.41 Å². The van der Waals surface area contributed by atoms with Crippen LogP contribution in [0.2, 0.25) is 0 Å². The zero-order chi connectivity index (χ0) is 14.6. The van der Waals surface area contributed by atoms with Crippen molar-refractivity contribution in [3.8, 4) is 0 Å². The fraction of sp³-hybridized carbons (Fsp3) is 0.857. The van der Waals surface area contributed by atoms with Crippen molar-refractivity contribution in [1.82, 2.24) is 0 Å². The Morgan fingerprint density at radius 3 is 1.94 bits per heavy atom. The Hall–Kier alpha value is -1.06. The summed E-state index contributed by atoms with van der Waals surface area (Å²) >= 11 is 0. The van der Waals surface area contributed by atoms with Crippen LogP contribution in [0.25, 0.3) is 0 Å². The summed E-state index contributed by atoms with van der Waals surface area (Å²) in [6.45, 7) is 10.6. The summed E-state index contributed by atoms with van der Waals surface area (Å²) in [4.78, 5) is 23.6. The van der Waals surface area contributed by atoms with Crippen LogP contribution in [0.15, 0.2) is 0 Å². The summed E-state index contributed by atoms with van der Waals surface area (Å²) < 4.78 is 5.37. The predicted octanol–water partition coefficient (Wildman–Crippen LogP) is 3.25. The average Bonchev–Trinajstić information content (AvgIpc) is 2.25. The molecule has 0 saturated heterocycles. The molecular weight excluding hydrogens is 232 g/mol. The number of esters is 1. The topological polar surface area (TPSA) is 63.6 Å². The molecule has 2 atom stereocenters. The quantitative estimate of drug-likeness (QED) is 0.586. The highest BCUT2D eigenvalue weighted by molar-refractivity contribution is 5.99. The van der Waals surface area contributed by atoms with Gasteiger partial charge in [0, 0.05) is 0 Å². The average molecular weight is 258 g/mol. The van der Waals surface area contributed by atoms with E-state index in [1.54, 1.807) is 20.8 Å². The number of rotatable bonds is 6. The van der Waals surface area contributed by atoms with Crippen molar-refractivity contribution in [1.29, 1.82) is 0 Å². The van der Waals surface area contributed by atoms with Crippen LogP contribution in [0.5, 0.6) is 0 Å². The molecule has 0 rings (SSSR count). The number of aliphatic carboxylic acids is 1. The van der Waals surface area contributed by atoms with Gasteiger partial charge in [-0.25, -0.2) is 0 Å². The Labute approximate surface area is 110 Å². The van der Waals surface area contributed by atoms with Crippen LogP contribution < -0.4 is 0 Å². The van der Waals surface area contributed by atoms with Crippen LogP contribution in [0, 0.1) is 10.8 Å². The Morgan fingerprint density at radius 2 is 1.67 bits per heavy atom. The van der Waals surface area contributed by atoms with Crippen LogP contribution in [0.4, 0.5) is 0 Å². The number of ether oxygens (including phenoxy) is 1. The van der Waals surface area contributed by atoms with Gasteiger partial charge in [-0.05, 0) is 25.2 Å². The molecule has 0 aliphatic heterocycles. The first-order chi connectivity index (χ1) is 8.11. The molecule has 0 aliphatic rings. The smallest absolute Gasteiger partial charge is 0.324 e. The minimum absolute atomic E-state index is 0.191. The number of carbonyl (C=O) groups excluding carboxylic acids is 1. The lowest BCUT2D eigenvalue weighted by molar-refractivity contribution is -0.180. The van der Waals surface area contributed by atoms with Crippen molar-refractivity contribution in [2.75, 3.05) is 0 Å². The SMILES string of the molecule is CCCC(CC)OC(=O)C(C)(C(=O)O)C(C)(C)C. The van der Waals surface area contributed by atoms with E-state index in [4.69, 9.17) is 4.74 Å². The molecule has 0 fully saturated rings. The highest BCUT2D eigenvalue weighted by Crippen LogP contribution is 2.40. The lowest BCUT2D eigenvalue weighted by atomic mass is 9.68. The zero-order valence-electron chi connectivity index (χ0n) is 12.4. The molecule has 0 spiro atoms. The van der Waals surface area contributed by atoms with Crippen molar-refractivity contribution >= 4 is 11.9 Å². The molecule has 0 heterocycles. The van der Waals surface area contributed by atoms with E-state index in [-0.39, 0.29) is 6.10 Å². The first-order valence-electron chi connectivity index (χ1n) is 6.55. The van der Waals surface area contributed by atoms with E-state index >= 15 is 0 Å². The molecule has 0 amide bonds. The van der Waals surface area contributed by atoms with E-state index < -0.39 is 22.8 Å². The van der Waals surface area contributed by atoms with Gasteiger partial charge in [-0.15, -0.1) is 0 Å². The molecule has 0 radical (unpaired) electrons. The van der Waals surface area contributed by atoms with Gasteiger partial charge >= 0.3 is 11.9 Å². The lowest BCUT2D eigenvalue weighted by Crippen LogP contribution is -2.48. The summed E-state index contributed by atoms with van der Waals surface area (Å²) in [6.07, 6.45) is 2.19. The summed E-state index contributed by atoms with van der Waals surface area (Å²) in [6, 6.07) is 0. The van der Waals surface area contributed by atoms with Crippen molar-refractivity contribution in [2.45, 2.75) is 66.9 Å². The Bertz CT molecular complexity index is 303. The monoisotopic (exact) mass is 258 g/mol. The standard InChI is InChI=1S/C14H26O4/c1-7-9-10(8-2)18-12(17)14(6,11(15)16)13(3,4)5/h10H,7-9H2,1-6H3,(H,15,16). The highest BCUT2D eigenvalue weighted by Gasteiger charge is 2.52. The summed E-state index contributed by atoms with van der Waals surface area (Å²) in [7, 11) is 0. The van der Waals surface area contributed by atoms with Crippen LogP contribution in [-0.4, -0.2) is 23.1 Å². The first kappa shape index (κ1) is 16.9.